The Morgan fingerprint density at radius 1 is 1.10 bits per heavy atom. The Kier molecular flexibility index (Phi) is 6.54. The summed E-state index contributed by atoms with van der Waals surface area (Å²) in [6.07, 6.45) is 0.915. The second-order valence-electron chi connectivity index (χ2n) is 7.31. The molecule has 1 N–H and O–H groups in total. The first-order valence-corrected chi connectivity index (χ1v) is 11.0. The average Bonchev–Trinajstić information content (AvgIpc) is 2.70. The van der Waals surface area contributed by atoms with Gasteiger partial charge in [-0.15, -0.1) is 0 Å². The number of sulfonamides is 1. The van der Waals surface area contributed by atoms with Crippen LogP contribution in [0.15, 0.2) is 53.4 Å². The van der Waals surface area contributed by atoms with Crippen LogP contribution in [-0.2, 0) is 14.8 Å². The molecule has 29 heavy (non-hydrogen) atoms. The first-order valence-electron chi connectivity index (χ1n) is 9.59. The highest BCUT2D eigenvalue weighted by atomic mass is 32.2. The number of carbonyl (C=O) groups excluding carboxylic acids is 1. The molecule has 1 fully saturated rings. The van der Waals surface area contributed by atoms with Gasteiger partial charge in [-0.25, -0.2) is 12.8 Å². The molecule has 0 saturated carbocycles. The number of anilines is 1. The molecule has 2 aromatic carbocycles. The van der Waals surface area contributed by atoms with Gasteiger partial charge in [-0.1, -0.05) is 6.92 Å². The molecule has 156 valence electrons. The molecule has 0 aliphatic carbocycles. The summed E-state index contributed by atoms with van der Waals surface area (Å²) in [7, 11) is -3.53. The zero-order valence-electron chi connectivity index (χ0n) is 16.5. The van der Waals surface area contributed by atoms with E-state index in [-0.39, 0.29) is 10.7 Å². The molecule has 0 unspecified atom stereocenters. The lowest BCUT2D eigenvalue weighted by Gasteiger charge is -2.29. The molecule has 0 radical (unpaired) electrons. The highest BCUT2D eigenvalue weighted by Crippen LogP contribution is 2.24. The smallest absolute Gasteiger partial charge is 0.265 e. The van der Waals surface area contributed by atoms with Crippen molar-refractivity contribution in [2.75, 3.05) is 18.4 Å². The maximum Gasteiger partial charge on any atom is 0.265 e. The van der Waals surface area contributed by atoms with E-state index in [2.05, 4.69) is 12.2 Å². The lowest BCUT2D eigenvalue weighted by Crippen LogP contribution is -2.37. The number of piperidine rings is 1. The molecular weight excluding hydrogens is 395 g/mol. The monoisotopic (exact) mass is 420 g/mol. The van der Waals surface area contributed by atoms with E-state index in [9.17, 15) is 17.6 Å². The molecule has 6 nitrogen and oxygen atoms in total. The molecule has 1 aliphatic heterocycles. The van der Waals surface area contributed by atoms with Crippen LogP contribution in [0.5, 0.6) is 5.75 Å². The van der Waals surface area contributed by atoms with Crippen LogP contribution in [0.3, 0.4) is 0 Å². The Labute approximate surface area is 170 Å². The van der Waals surface area contributed by atoms with Gasteiger partial charge in [0.2, 0.25) is 10.0 Å². The maximum absolute atomic E-state index is 12.9. The highest BCUT2D eigenvalue weighted by Gasteiger charge is 2.28. The standard InChI is InChI=1S/C21H25FN2O4S/c1-15-11-13-24(14-12-15)29(26,27)20-9-5-18(6-10-20)23-21(25)16(2)28-19-7-3-17(22)4-8-19/h3-10,15-16H,11-14H2,1-2H3,(H,23,25)/t16-/m0/s1. The molecule has 1 aliphatic rings. The molecule has 3 rings (SSSR count). The van der Waals surface area contributed by atoms with Crippen LogP contribution >= 0.6 is 0 Å². The minimum atomic E-state index is -3.53. The summed E-state index contributed by atoms with van der Waals surface area (Å²) in [6, 6.07) is 11.5. The van der Waals surface area contributed by atoms with E-state index in [1.54, 1.807) is 19.1 Å². The van der Waals surface area contributed by atoms with Gasteiger partial charge >= 0.3 is 0 Å². The largest absolute Gasteiger partial charge is 0.481 e. The lowest BCUT2D eigenvalue weighted by atomic mass is 10.0. The number of halogens is 1. The van der Waals surface area contributed by atoms with Crippen LogP contribution in [0, 0.1) is 11.7 Å². The molecular formula is C21H25FN2O4S. The number of hydrogen-bond acceptors (Lipinski definition) is 4. The van der Waals surface area contributed by atoms with E-state index in [0.717, 1.165) is 12.8 Å². The lowest BCUT2D eigenvalue weighted by molar-refractivity contribution is -0.122. The molecule has 1 atom stereocenters. The van der Waals surface area contributed by atoms with Crippen molar-refractivity contribution in [3.05, 3.63) is 54.3 Å². The molecule has 2 aromatic rings. The van der Waals surface area contributed by atoms with Crippen molar-refractivity contribution in [2.24, 2.45) is 5.92 Å². The van der Waals surface area contributed by atoms with Gasteiger partial charge in [-0.05, 0) is 74.2 Å². The Bertz CT molecular complexity index is 938. The molecule has 1 saturated heterocycles. The minimum absolute atomic E-state index is 0.209. The van der Waals surface area contributed by atoms with E-state index >= 15 is 0 Å². The second-order valence-corrected chi connectivity index (χ2v) is 9.25. The zero-order chi connectivity index (χ0) is 21.0. The van der Waals surface area contributed by atoms with Gasteiger partial charge in [0.05, 0.1) is 4.90 Å². The first-order chi connectivity index (χ1) is 13.8. The maximum atomic E-state index is 12.9. The van der Waals surface area contributed by atoms with Crippen molar-refractivity contribution in [3.8, 4) is 5.75 Å². The number of ether oxygens (including phenoxy) is 1. The van der Waals surface area contributed by atoms with Gasteiger partial charge in [0.25, 0.3) is 5.91 Å². The minimum Gasteiger partial charge on any atom is -0.481 e. The Hall–Kier alpha value is -2.45. The number of carbonyl (C=O) groups is 1. The van der Waals surface area contributed by atoms with Crippen molar-refractivity contribution in [1.82, 2.24) is 4.31 Å². The fraction of sp³-hybridized carbons (Fsp3) is 0.381. The Balaban J connectivity index is 1.61. The predicted molar refractivity (Wildman–Crippen MR) is 109 cm³/mol. The van der Waals surface area contributed by atoms with Gasteiger partial charge in [-0.3, -0.25) is 4.79 Å². The zero-order valence-corrected chi connectivity index (χ0v) is 17.3. The van der Waals surface area contributed by atoms with Gasteiger partial charge < -0.3 is 10.1 Å². The molecule has 1 heterocycles. The third kappa shape index (κ3) is 5.33. The molecule has 0 aromatic heterocycles. The summed E-state index contributed by atoms with van der Waals surface area (Å²) in [5.41, 5.74) is 0.468. The highest BCUT2D eigenvalue weighted by molar-refractivity contribution is 7.89. The second kappa shape index (κ2) is 8.92. The molecule has 1 amide bonds. The van der Waals surface area contributed by atoms with Gasteiger partial charge in [0.1, 0.15) is 11.6 Å². The number of hydrogen-bond donors (Lipinski definition) is 1. The Morgan fingerprint density at radius 3 is 2.28 bits per heavy atom. The van der Waals surface area contributed by atoms with Gasteiger partial charge in [-0.2, -0.15) is 4.31 Å². The third-order valence-electron chi connectivity index (χ3n) is 5.00. The van der Waals surface area contributed by atoms with Crippen LogP contribution in [0.2, 0.25) is 0 Å². The fourth-order valence-electron chi connectivity index (χ4n) is 3.10. The van der Waals surface area contributed by atoms with Crippen molar-refractivity contribution >= 4 is 21.6 Å². The van der Waals surface area contributed by atoms with E-state index < -0.39 is 22.0 Å². The van der Waals surface area contributed by atoms with Crippen molar-refractivity contribution in [3.63, 3.8) is 0 Å². The number of benzene rings is 2. The van der Waals surface area contributed by atoms with Gasteiger partial charge in [0, 0.05) is 18.8 Å². The Morgan fingerprint density at radius 2 is 1.69 bits per heavy atom. The van der Waals surface area contributed by atoms with Crippen LogP contribution in [-0.4, -0.2) is 37.8 Å². The number of rotatable bonds is 6. The summed E-state index contributed by atoms with van der Waals surface area (Å²) in [6.45, 7) is 4.76. The predicted octanol–water partition coefficient (Wildman–Crippen LogP) is 3.65. The van der Waals surface area contributed by atoms with Crippen LogP contribution in [0.1, 0.15) is 26.7 Å². The first kappa shape index (κ1) is 21.3. The summed E-state index contributed by atoms with van der Waals surface area (Å²) in [5, 5.41) is 2.69. The fourth-order valence-corrected chi connectivity index (χ4v) is 4.57. The number of nitrogens with zero attached hydrogens (tertiary/aromatic N) is 1. The number of amides is 1. The molecule has 0 bridgehead atoms. The van der Waals surface area contributed by atoms with Crippen LogP contribution in [0.25, 0.3) is 0 Å². The van der Waals surface area contributed by atoms with Crippen molar-refractivity contribution in [1.29, 1.82) is 0 Å². The summed E-state index contributed by atoms with van der Waals surface area (Å²) in [5.74, 6) is 0.142. The summed E-state index contributed by atoms with van der Waals surface area (Å²) >= 11 is 0. The van der Waals surface area contributed by atoms with E-state index in [0.29, 0.717) is 30.4 Å². The van der Waals surface area contributed by atoms with Crippen LogP contribution in [0.4, 0.5) is 10.1 Å². The molecule has 0 spiro atoms. The van der Waals surface area contributed by atoms with E-state index in [1.165, 1.54) is 40.7 Å². The number of nitrogens with one attached hydrogen (secondary N) is 1. The normalized spacial score (nSPS) is 16.9. The van der Waals surface area contributed by atoms with Crippen molar-refractivity contribution in [2.45, 2.75) is 37.7 Å². The van der Waals surface area contributed by atoms with Crippen molar-refractivity contribution < 1.29 is 22.3 Å². The van der Waals surface area contributed by atoms with E-state index in [1.807, 2.05) is 0 Å². The summed E-state index contributed by atoms with van der Waals surface area (Å²) in [4.78, 5) is 12.5. The average molecular weight is 421 g/mol. The van der Waals surface area contributed by atoms with E-state index in [4.69, 9.17) is 4.74 Å². The van der Waals surface area contributed by atoms with Crippen LogP contribution < -0.4 is 10.1 Å². The quantitative estimate of drug-likeness (QED) is 0.774. The summed E-state index contributed by atoms with van der Waals surface area (Å²) < 4.78 is 45.5. The third-order valence-corrected chi connectivity index (χ3v) is 6.91. The van der Waals surface area contributed by atoms with Gasteiger partial charge in [0.15, 0.2) is 6.10 Å². The SMILES string of the molecule is CC1CCN(S(=O)(=O)c2ccc(NC(=O)[C@H](C)Oc3ccc(F)cc3)cc2)CC1. The topological polar surface area (TPSA) is 75.7 Å². The molecule has 8 heteroatoms.